The summed E-state index contributed by atoms with van der Waals surface area (Å²) >= 11 is 0. The molecule has 1 unspecified atom stereocenters. The minimum absolute atomic E-state index is 0.446. The van der Waals surface area contributed by atoms with E-state index in [4.69, 9.17) is 9.47 Å². The lowest BCUT2D eigenvalue weighted by molar-refractivity contribution is 0.0659. The Balaban J connectivity index is 2.30. The fraction of sp³-hybridized carbons (Fsp3) is 0.786. The van der Waals surface area contributed by atoms with Crippen molar-refractivity contribution in [2.45, 2.75) is 39.3 Å². The minimum atomic E-state index is 0.446. The molecule has 19 heavy (non-hydrogen) atoms. The van der Waals surface area contributed by atoms with Gasteiger partial charge in [0, 0.05) is 32.5 Å². The van der Waals surface area contributed by atoms with E-state index in [9.17, 15) is 0 Å². The predicted molar refractivity (Wildman–Crippen MR) is 76.4 cm³/mol. The predicted octanol–water partition coefficient (Wildman–Crippen LogP) is 1.48. The maximum Gasteiger partial charge on any atom is 0.0700 e. The number of nitrogens with zero attached hydrogens (tertiary/aromatic N) is 2. The normalized spacial score (nSPS) is 12.8. The molecule has 0 radical (unpaired) electrons. The Kier molecular flexibility index (Phi) is 8.45. The smallest absolute Gasteiger partial charge is 0.0700 e. The number of hydrogen-bond donors (Lipinski definition) is 1. The molecule has 5 heteroatoms. The molecule has 0 aliphatic heterocycles. The monoisotopic (exact) mass is 269 g/mol. The van der Waals surface area contributed by atoms with Crippen LogP contribution in [-0.2, 0) is 22.4 Å². The maximum atomic E-state index is 5.53. The molecule has 1 rings (SSSR count). The van der Waals surface area contributed by atoms with Crippen molar-refractivity contribution in [3.05, 3.63) is 18.0 Å². The Morgan fingerprint density at radius 3 is 2.79 bits per heavy atom. The Hall–Kier alpha value is -0.910. The summed E-state index contributed by atoms with van der Waals surface area (Å²) in [6.07, 6.45) is 6.09. The lowest BCUT2D eigenvalue weighted by Crippen LogP contribution is -2.32. The highest BCUT2D eigenvalue weighted by Gasteiger charge is 2.09. The standard InChI is InChI=1S/C14H27N3O2/c1-4-15-14(6-7-19-9-8-18-3)10-13-11-16-17(5-2)12-13/h11-12,14-15H,4-10H2,1-3H3. The van der Waals surface area contributed by atoms with Crippen molar-refractivity contribution in [3.63, 3.8) is 0 Å². The van der Waals surface area contributed by atoms with Crippen molar-refractivity contribution in [1.29, 1.82) is 0 Å². The molecule has 1 heterocycles. The SMILES string of the molecule is CCNC(CCOCCOC)Cc1cnn(CC)c1. The molecule has 110 valence electrons. The zero-order valence-electron chi connectivity index (χ0n) is 12.4. The van der Waals surface area contributed by atoms with Crippen LogP contribution in [-0.4, -0.2) is 49.3 Å². The van der Waals surface area contributed by atoms with E-state index in [1.54, 1.807) is 7.11 Å². The molecule has 0 spiro atoms. The van der Waals surface area contributed by atoms with Crippen molar-refractivity contribution in [3.8, 4) is 0 Å². The molecule has 0 aliphatic carbocycles. The molecular formula is C14H27N3O2. The molecule has 0 saturated heterocycles. The summed E-state index contributed by atoms with van der Waals surface area (Å²) in [6.45, 7) is 8.23. The Labute approximate surface area is 116 Å². The Morgan fingerprint density at radius 1 is 1.32 bits per heavy atom. The second-order valence-corrected chi connectivity index (χ2v) is 4.56. The molecule has 0 aromatic carbocycles. The summed E-state index contributed by atoms with van der Waals surface area (Å²) in [5.74, 6) is 0. The molecule has 0 saturated carbocycles. The van der Waals surface area contributed by atoms with Gasteiger partial charge in [-0.2, -0.15) is 5.10 Å². The highest BCUT2D eigenvalue weighted by Crippen LogP contribution is 2.06. The molecule has 0 bridgehead atoms. The third kappa shape index (κ3) is 6.71. The molecule has 1 aromatic rings. The number of aromatic nitrogens is 2. The molecule has 1 N–H and O–H groups in total. The summed E-state index contributed by atoms with van der Waals surface area (Å²) in [5.41, 5.74) is 1.28. The van der Waals surface area contributed by atoms with Gasteiger partial charge in [-0.1, -0.05) is 6.92 Å². The topological polar surface area (TPSA) is 48.3 Å². The second kappa shape index (κ2) is 9.95. The van der Waals surface area contributed by atoms with Crippen LogP contribution >= 0.6 is 0 Å². The van der Waals surface area contributed by atoms with E-state index < -0.39 is 0 Å². The molecule has 0 fully saturated rings. The van der Waals surface area contributed by atoms with Crippen LogP contribution in [0.2, 0.25) is 0 Å². The van der Waals surface area contributed by atoms with Crippen LogP contribution in [0.3, 0.4) is 0 Å². The van der Waals surface area contributed by atoms with Crippen LogP contribution in [0, 0.1) is 0 Å². The minimum Gasteiger partial charge on any atom is -0.382 e. The van der Waals surface area contributed by atoms with Crippen LogP contribution in [0.4, 0.5) is 0 Å². The van der Waals surface area contributed by atoms with E-state index in [-0.39, 0.29) is 0 Å². The van der Waals surface area contributed by atoms with Crippen LogP contribution < -0.4 is 5.32 Å². The van der Waals surface area contributed by atoms with Gasteiger partial charge in [-0.25, -0.2) is 0 Å². The molecule has 1 atom stereocenters. The first kappa shape index (κ1) is 16.1. The molecular weight excluding hydrogens is 242 g/mol. The van der Waals surface area contributed by atoms with Gasteiger partial charge < -0.3 is 14.8 Å². The molecule has 1 aromatic heterocycles. The van der Waals surface area contributed by atoms with E-state index in [2.05, 4.69) is 30.5 Å². The van der Waals surface area contributed by atoms with Gasteiger partial charge in [0.25, 0.3) is 0 Å². The third-order valence-electron chi connectivity index (χ3n) is 3.03. The number of ether oxygens (including phenoxy) is 2. The van der Waals surface area contributed by atoms with Crippen LogP contribution in [0.15, 0.2) is 12.4 Å². The van der Waals surface area contributed by atoms with E-state index in [0.717, 1.165) is 32.5 Å². The van der Waals surface area contributed by atoms with Gasteiger partial charge in [0.15, 0.2) is 0 Å². The lowest BCUT2D eigenvalue weighted by Gasteiger charge is -2.17. The summed E-state index contributed by atoms with van der Waals surface area (Å²) < 4.78 is 12.5. The van der Waals surface area contributed by atoms with Gasteiger partial charge in [0.1, 0.15) is 0 Å². The first-order valence-electron chi connectivity index (χ1n) is 7.11. The van der Waals surface area contributed by atoms with Crippen molar-refractivity contribution in [1.82, 2.24) is 15.1 Å². The number of likely N-dealkylation sites (N-methyl/N-ethyl adjacent to an activating group) is 1. The quantitative estimate of drug-likeness (QED) is 0.618. The van der Waals surface area contributed by atoms with Gasteiger partial charge in [-0.15, -0.1) is 0 Å². The fourth-order valence-electron chi connectivity index (χ4n) is 2.00. The van der Waals surface area contributed by atoms with Gasteiger partial charge in [-0.3, -0.25) is 4.68 Å². The first-order valence-corrected chi connectivity index (χ1v) is 7.11. The molecule has 0 amide bonds. The maximum absolute atomic E-state index is 5.53. The second-order valence-electron chi connectivity index (χ2n) is 4.56. The highest BCUT2D eigenvalue weighted by atomic mass is 16.5. The van der Waals surface area contributed by atoms with Gasteiger partial charge >= 0.3 is 0 Å². The van der Waals surface area contributed by atoms with Gasteiger partial charge in [0.2, 0.25) is 0 Å². The van der Waals surface area contributed by atoms with Crippen LogP contribution in [0.5, 0.6) is 0 Å². The highest BCUT2D eigenvalue weighted by molar-refractivity contribution is 5.06. The van der Waals surface area contributed by atoms with Gasteiger partial charge in [0.05, 0.1) is 19.4 Å². The van der Waals surface area contributed by atoms with E-state index >= 15 is 0 Å². The van der Waals surface area contributed by atoms with E-state index in [1.807, 2.05) is 10.9 Å². The van der Waals surface area contributed by atoms with Crippen LogP contribution in [0.25, 0.3) is 0 Å². The van der Waals surface area contributed by atoms with Crippen LogP contribution in [0.1, 0.15) is 25.8 Å². The van der Waals surface area contributed by atoms with Crippen molar-refractivity contribution in [2.24, 2.45) is 0 Å². The fourth-order valence-corrected chi connectivity index (χ4v) is 2.00. The van der Waals surface area contributed by atoms with Crippen molar-refractivity contribution >= 4 is 0 Å². The molecule has 0 aliphatic rings. The molecule has 5 nitrogen and oxygen atoms in total. The number of hydrogen-bond acceptors (Lipinski definition) is 4. The largest absolute Gasteiger partial charge is 0.382 e. The number of aryl methyl sites for hydroxylation is 1. The first-order chi connectivity index (χ1) is 9.30. The Bertz CT molecular complexity index is 328. The van der Waals surface area contributed by atoms with E-state index in [0.29, 0.717) is 19.3 Å². The number of methoxy groups -OCH3 is 1. The summed E-state index contributed by atoms with van der Waals surface area (Å²) in [6, 6.07) is 0.446. The lowest BCUT2D eigenvalue weighted by atomic mass is 10.1. The number of rotatable bonds is 11. The van der Waals surface area contributed by atoms with Crippen molar-refractivity contribution < 1.29 is 9.47 Å². The average Bonchev–Trinajstić information content (AvgIpc) is 2.86. The third-order valence-corrected chi connectivity index (χ3v) is 3.03. The average molecular weight is 269 g/mol. The zero-order chi connectivity index (χ0) is 13.9. The van der Waals surface area contributed by atoms with Crippen molar-refractivity contribution in [2.75, 3.05) is 33.5 Å². The Morgan fingerprint density at radius 2 is 2.16 bits per heavy atom. The summed E-state index contributed by atoms with van der Waals surface area (Å²) in [4.78, 5) is 0. The number of nitrogens with one attached hydrogen (secondary N) is 1. The summed E-state index contributed by atoms with van der Waals surface area (Å²) in [7, 11) is 1.69. The summed E-state index contributed by atoms with van der Waals surface area (Å²) in [5, 5.41) is 7.81. The zero-order valence-corrected chi connectivity index (χ0v) is 12.4. The van der Waals surface area contributed by atoms with Gasteiger partial charge in [-0.05, 0) is 31.9 Å². The van der Waals surface area contributed by atoms with E-state index in [1.165, 1.54) is 5.56 Å².